The lowest BCUT2D eigenvalue weighted by atomic mass is 10.0. The highest BCUT2D eigenvalue weighted by Crippen LogP contribution is 2.17. The third kappa shape index (κ3) is 43.9. The number of ether oxygens (including phenoxy) is 1. The van der Waals surface area contributed by atoms with Crippen molar-refractivity contribution in [1.82, 2.24) is 5.32 Å². The van der Waals surface area contributed by atoms with E-state index >= 15 is 0 Å². The van der Waals surface area contributed by atoms with Gasteiger partial charge in [0, 0.05) is 6.42 Å². The second kappa shape index (κ2) is 49.3. The summed E-state index contributed by atoms with van der Waals surface area (Å²) in [5, 5.41) is 23.8. The van der Waals surface area contributed by atoms with Crippen LogP contribution in [0, 0.1) is 0 Å². The molecular weight excluding hydrogens is 767 g/mol. The van der Waals surface area contributed by atoms with Gasteiger partial charge in [-0.3, -0.25) is 9.59 Å². The van der Waals surface area contributed by atoms with Crippen molar-refractivity contribution in [2.45, 2.75) is 264 Å². The van der Waals surface area contributed by atoms with Crippen molar-refractivity contribution in [2.24, 2.45) is 0 Å². The number of unbranched alkanes of at least 4 members (excludes halogenated alkanes) is 22. The molecule has 0 aromatic rings. The number of carbonyl (C=O) groups is 2. The van der Waals surface area contributed by atoms with E-state index in [2.05, 4.69) is 99.0 Å². The van der Waals surface area contributed by atoms with E-state index in [1.54, 1.807) is 0 Å². The maximum Gasteiger partial charge on any atom is 0.306 e. The maximum atomic E-state index is 13.2. The summed E-state index contributed by atoms with van der Waals surface area (Å²) in [5.74, 6) is -0.561. The van der Waals surface area contributed by atoms with Gasteiger partial charge in [0.25, 0.3) is 0 Å². The van der Waals surface area contributed by atoms with E-state index in [4.69, 9.17) is 4.74 Å². The van der Waals surface area contributed by atoms with Gasteiger partial charge >= 0.3 is 5.97 Å². The fourth-order valence-corrected chi connectivity index (χ4v) is 7.58. The van der Waals surface area contributed by atoms with Gasteiger partial charge in [-0.2, -0.15) is 0 Å². The van der Waals surface area contributed by atoms with Gasteiger partial charge in [0.05, 0.1) is 25.2 Å². The topological polar surface area (TPSA) is 95.9 Å². The first-order valence-electron chi connectivity index (χ1n) is 26.2. The summed E-state index contributed by atoms with van der Waals surface area (Å²) in [4.78, 5) is 26.1. The number of allylic oxidation sites excluding steroid dienone is 12. The van der Waals surface area contributed by atoms with Crippen LogP contribution in [-0.2, 0) is 14.3 Å². The summed E-state index contributed by atoms with van der Waals surface area (Å²) >= 11 is 0. The zero-order chi connectivity index (χ0) is 45.2. The highest BCUT2D eigenvalue weighted by atomic mass is 16.5. The zero-order valence-electron chi connectivity index (χ0n) is 40.7. The second-order valence-corrected chi connectivity index (χ2v) is 17.5. The van der Waals surface area contributed by atoms with Crippen LogP contribution in [0.5, 0.6) is 0 Å². The van der Waals surface area contributed by atoms with Crippen LogP contribution in [0.1, 0.15) is 245 Å². The SMILES string of the molecule is CC/C=C\C/C=C\C/C=C\C/C=C\C/C=C\CCCC(=O)OC(CCCCC/C=C\CCCCC)CC(=O)NC(CO)C(O)CCCCCCCCCCCCCCCCCC. The Morgan fingerprint density at radius 3 is 1.37 bits per heavy atom. The molecule has 0 rings (SSSR count). The predicted molar refractivity (Wildman–Crippen MR) is 268 cm³/mol. The second-order valence-electron chi connectivity index (χ2n) is 17.5. The molecule has 3 atom stereocenters. The molecule has 0 aliphatic carbocycles. The average Bonchev–Trinajstić information content (AvgIpc) is 3.26. The Bertz CT molecular complexity index is 1150. The van der Waals surface area contributed by atoms with E-state index in [-0.39, 0.29) is 24.9 Å². The maximum absolute atomic E-state index is 13.2. The molecule has 0 fully saturated rings. The summed E-state index contributed by atoms with van der Waals surface area (Å²) in [6, 6.07) is -0.720. The van der Waals surface area contributed by atoms with Crippen molar-refractivity contribution in [3.05, 3.63) is 72.9 Å². The molecule has 0 aliphatic heterocycles. The van der Waals surface area contributed by atoms with Crippen LogP contribution in [-0.4, -0.2) is 46.9 Å². The number of aliphatic hydroxyl groups is 2. The van der Waals surface area contributed by atoms with Crippen LogP contribution in [0.2, 0.25) is 0 Å². The van der Waals surface area contributed by atoms with Gasteiger partial charge in [-0.15, -0.1) is 0 Å². The fraction of sp³-hybridized carbons (Fsp3) is 0.750. The minimum Gasteiger partial charge on any atom is -0.462 e. The van der Waals surface area contributed by atoms with Gasteiger partial charge in [-0.25, -0.2) is 0 Å². The van der Waals surface area contributed by atoms with Crippen LogP contribution in [0.4, 0.5) is 0 Å². The molecule has 1 amide bonds. The largest absolute Gasteiger partial charge is 0.462 e. The minimum atomic E-state index is -0.803. The van der Waals surface area contributed by atoms with Crippen LogP contribution in [0.25, 0.3) is 0 Å². The minimum absolute atomic E-state index is 0.0418. The molecule has 62 heavy (non-hydrogen) atoms. The predicted octanol–water partition coefficient (Wildman–Crippen LogP) is 15.8. The van der Waals surface area contributed by atoms with Crippen molar-refractivity contribution in [3.63, 3.8) is 0 Å². The molecule has 6 heteroatoms. The number of aliphatic hydroxyl groups excluding tert-OH is 2. The van der Waals surface area contributed by atoms with Crippen LogP contribution in [0.15, 0.2) is 72.9 Å². The first kappa shape index (κ1) is 59.3. The Hall–Kier alpha value is -2.70. The van der Waals surface area contributed by atoms with Crippen molar-refractivity contribution >= 4 is 11.9 Å². The van der Waals surface area contributed by atoms with E-state index in [1.165, 1.54) is 103 Å². The number of nitrogens with one attached hydrogen (secondary N) is 1. The summed E-state index contributed by atoms with van der Waals surface area (Å²) in [5.41, 5.74) is 0. The summed E-state index contributed by atoms with van der Waals surface area (Å²) in [6.45, 7) is 6.33. The number of hydrogen-bond acceptors (Lipinski definition) is 5. The number of amides is 1. The normalized spacial score (nSPS) is 13.8. The van der Waals surface area contributed by atoms with Crippen LogP contribution < -0.4 is 5.32 Å². The highest BCUT2D eigenvalue weighted by Gasteiger charge is 2.24. The van der Waals surface area contributed by atoms with Crippen molar-refractivity contribution in [1.29, 1.82) is 0 Å². The average molecular weight is 866 g/mol. The van der Waals surface area contributed by atoms with E-state index < -0.39 is 18.2 Å². The van der Waals surface area contributed by atoms with Gasteiger partial charge in [-0.05, 0) is 89.9 Å². The Labute approximate surface area is 383 Å². The summed E-state index contributed by atoms with van der Waals surface area (Å²) in [7, 11) is 0. The first-order valence-corrected chi connectivity index (χ1v) is 26.2. The van der Waals surface area contributed by atoms with Crippen LogP contribution >= 0.6 is 0 Å². The Balaban J connectivity index is 4.57. The number of rotatable bonds is 46. The molecule has 0 saturated heterocycles. The van der Waals surface area contributed by atoms with E-state index in [0.29, 0.717) is 25.7 Å². The zero-order valence-corrected chi connectivity index (χ0v) is 40.7. The molecule has 0 spiro atoms. The van der Waals surface area contributed by atoms with E-state index in [0.717, 1.165) is 89.9 Å². The van der Waals surface area contributed by atoms with Crippen molar-refractivity contribution < 1.29 is 24.5 Å². The highest BCUT2D eigenvalue weighted by molar-refractivity contribution is 5.77. The van der Waals surface area contributed by atoms with Crippen LogP contribution in [0.3, 0.4) is 0 Å². The van der Waals surface area contributed by atoms with Gasteiger partial charge in [0.15, 0.2) is 0 Å². The lowest BCUT2D eigenvalue weighted by Crippen LogP contribution is -2.46. The lowest BCUT2D eigenvalue weighted by molar-refractivity contribution is -0.151. The smallest absolute Gasteiger partial charge is 0.306 e. The number of esters is 1. The molecule has 358 valence electrons. The Morgan fingerprint density at radius 2 is 0.871 bits per heavy atom. The molecular formula is C56H99NO5. The summed E-state index contributed by atoms with van der Waals surface area (Å²) < 4.78 is 5.88. The standard InChI is InChI=1S/C56H99NO5/c1-4-7-10-13-16-19-22-24-26-28-30-32-34-37-40-43-46-49-56(61)62-52(47-44-41-38-35-21-18-15-12-9-6-3)50-55(60)57-53(51-58)54(59)48-45-42-39-36-33-31-29-27-25-23-20-17-14-11-8-5-2/h7,10,16,18-19,21,24,26,30,32,37,40,52-54,58-59H,4-6,8-9,11-15,17,20,22-23,25,27-29,31,33-36,38-39,41-51H2,1-3H3,(H,57,60)/b10-7-,19-16-,21-18-,26-24-,32-30-,40-37-. The third-order valence-corrected chi connectivity index (χ3v) is 11.5. The van der Waals surface area contributed by atoms with Crippen molar-refractivity contribution in [2.75, 3.05) is 6.61 Å². The Kier molecular flexibility index (Phi) is 47.2. The van der Waals surface area contributed by atoms with E-state index in [9.17, 15) is 19.8 Å². The molecule has 6 nitrogen and oxygen atoms in total. The van der Waals surface area contributed by atoms with Gasteiger partial charge in [0.2, 0.25) is 5.91 Å². The molecule has 0 aliphatic rings. The molecule has 0 aromatic carbocycles. The third-order valence-electron chi connectivity index (χ3n) is 11.5. The molecule has 0 heterocycles. The number of carbonyl (C=O) groups excluding carboxylic acids is 2. The monoisotopic (exact) mass is 866 g/mol. The van der Waals surface area contributed by atoms with Gasteiger partial charge in [-0.1, -0.05) is 216 Å². The fourth-order valence-electron chi connectivity index (χ4n) is 7.58. The molecule has 0 saturated carbocycles. The molecule has 3 unspecified atom stereocenters. The summed E-state index contributed by atoms with van der Waals surface area (Å²) in [6.07, 6.45) is 62.6. The molecule has 0 bridgehead atoms. The quantitative estimate of drug-likeness (QED) is 0.0322. The molecule has 3 N–H and O–H groups in total. The van der Waals surface area contributed by atoms with E-state index in [1.807, 2.05) is 0 Å². The first-order chi connectivity index (χ1) is 30.5. The molecule has 0 radical (unpaired) electrons. The lowest BCUT2D eigenvalue weighted by Gasteiger charge is -2.24. The van der Waals surface area contributed by atoms with Crippen molar-refractivity contribution in [3.8, 4) is 0 Å². The molecule has 0 aromatic heterocycles. The van der Waals surface area contributed by atoms with Gasteiger partial charge < -0.3 is 20.3 Å². The Morgan fingerprint density at radius 1 is 0.484 bits per heavy atom. The van der Waals surface area contributed by atoms with Gasteiger partial charge in [0.1, 0.15) is 6.10 Å². The number of hydrogen-bond donors (Lipinski definition) is 3.